The van der Waals surface area contributed by atoms with E-state index < -0.39 is 0 Å². The molecule has 3 heteroatoms. The molecule has 0 saturated carbocycles. The van der Waals surface area contributed by atoms with Gasteiger partial charge in [-0.3, -0.25) is 0 Å². The van der Waals surface area contributed by atoms with E-state index in [2.05, 4.69) is 15.6 Å². The summed E-state index contributed by atoms with van der Waals surface area (Å²) in [6, 6.07) is 10.1. The molecule has 2 aromatic heterocycles. The summed E-state index contributed by atoms with van der Waals surface area (Å²) in [4.78, 5) is 4.33. The zero-order valence-electron chi connectivity index (χ0n) is 8.13. The van der Waals surface area contributed by atoms with Gasteiger partial charge in [0.2, 0.25) is 0 Å². The van der Waals surface area contributed by atoms with Gasteiger partial charge >= 0.3 is 0 Å². The summed E-state index contributed by atoms with van der Waals surface area (Å²) >= 11 is 0. The van der Waals surface area contributed by atoms with Crippen molar-refractivity contribution in [2.24, 2.45) is 0 Å². The molecule has 0 bridgehead atoms. The molecular formula is C12H10N2O. The number of hydrogen-bond acceptors (Lipinski definition) is 2. The Morgan fingerprint density at radius 2 is 2.13 bits per heavy atom. The lowest BCUT2D eigenvalue weighted by Crippen LogP contribution is -1.95. The average Bonchev–Trinajstić information content (AvgIpc) is 2.89. The molecule has 15 heavy (non-hydrogen) atoms. The first-order valence-corrected chi connectivity index (χ1v) is 4.84. The van der Waals surface area contributed by atoms with Crippen LogP contribution in [0.1, 0.15) is 5.56 Å². The van der Waals surface area contributed by atoms with Gasteiger partial charge in [-0.25, -0.2) is 4.98 Å². The fourth-order valence-corrected chi connectivity index (χ4v) is 1.72. The van der Waals surface area contributed by atoms with Crippen LogP contribution in [0, 0.1) is 0 Å². The van der Waals surface area contributed by atoms with Gasteiger partial charge in [-0.2, -0.15) is 0 Å². The number of para-hydroxylation sites is 2. The Hall–Kier alpha value is -2.03. The fraction of sp³-hybridized carbons (Fsp3) is 0.0833. The first-order chi connectivity index (χ1) is 7.43. The van der Waals surface area contributed by atoms with Crippen LogP contribution in [0.3, 0.4) is 0 Å². The molecular weight excluding hydrogens is 188 g/mol. The van der Waals surface area contributed by atoms with E-state index in [1.165, 1.54) is 0 Å². The van der Waals surface area contributed by atoms with Crippen molar-refractivity contribution >= 4 is 11.0 Å². The lowest BCUT2D eigenvalue weighted by atomic mass is 10.3. The smallest absolute Gasteiger partial charge is 0.0961 e. The van der Waals surface area contributed by atoms with E-state index in [0.29, 0.717) is 0 Å². The summed E-state index contributed by atoms with van der Waals surface area (Å²) in [5.41, 5.74) is 3.33. The fourth-order valence-electron chi connectivity index (χ4n) is 1.72. The van der Waals surface area contributed by atoms with Crippen LogP contribution in [-0.2, 0) is 6.54 Å². The van der Waals surface area contributed by atoms with E-state index in [1.54, 1.807) is 12.5 Å². The van der Waals surface area contributed by atoms with Crippen LogP contribution in [0.4, 0.5) is 0 Å². The number of fused-ring (bicyclic) bond motifs is 1. The molecule has 0 fully saturated rings. The molecule has 0 saturated heterocycles. The average molecular weight is 198 g/mol. The largest absolute Gasteiger partial charge is 0.472 e. The quantitative estimate of drug-likeness (QED) is 0.633. The molecule has 0 aliphatic rings. The van der Waals surface area contributed by atoms with Crippen LogP contribution in [0.2, 0.25) is 0 Å². The summed E-state index contributed by atoms with van der Waals surface area (Å²) < 4.78 is 7.15. The first kappa shape index (κ1) is 8.29. The Kier molecular flexibility index (Phi) is 1.81. The predicted octanol–water partition coefficient (Wildman–Crippen LogP) is 2.68. The zero-order valence-corrected chi connectivity index (χ0v) is 8.13. The lowest BCUT2D eigenvalue weighted by Gasteiger charge is -2.00. The molecule has 0 unspecified atom stereocenters. The van der Waals surface area contributed by atoms with E-state index in [1.807, 2.05) is 30.6 Å². The van der Waals surface area contributed by atoms with Crippen LogP contribution in [0.5, 0.6) is 0 Å². The molecule has 0 aliphatic carbocycles. The van der Waals surface area contributed by atoms with Gasteiger partial charge in [0.15, 0.2) is 0 Å². The Bertz CT molecular complexity index is 566. The SMILES string of the molecule is c1ccc2c(c1)ncn2Cc1ccoc1. The van der Waals surface area contributed by atoms with Crippen molar-refractivity contribution in [3.63, 3.8) is 0 Å². The van der Waals surface area contributed by atoms with E-state index in [-0.39, 0.29) is 0 Å². The van der Waals surface area contributed by atoms with E-state index in [0.717, 1.165) is 23.1 Å². The minimum Gasteiger partial charge on any atom is -0.472 e. The van der Waals surface area contributed by atoms with Crippen molar-refractivity contribution < 1.29 is 4.42 Å². The summed E-state index contributed by atoms with van der Waals surface area (Å²) in [6.45, 7) is 0.803. The van der Waals surface area contributed by atoms with Crippen LogP contribution in [0.25, 0.3) is 11.0 Å². The van der Waals surface area contributed by atoms with Crippen molar-refractivity contribution in [1.29, 1.82) is 0 Å². The molecule has 0 amide bonds. The van der Waals surface area contributed by atoms with Gasteiger partial charge in [-0.15, -0.1) is 0 Å². The second kappa shape index (κ2) is 3.28. The molecule has 0 aliphatic heterocycles. The minimum atomic E-state index is 0.803. The number of nitrogens with zero attached hydrogens (tertiary/aromatic N) is 2. The van der Waals surface area contributed by atoms with Crippen molar-refractivity contribution in [3.8, 4) is 0 Å². The molecule has 1 aromatic carbocycles. The van der Waals surface area contributed by atoms with Gasteiger partial charge in [-0.1, -0.05) is 12.1 Å². The third-order valence-electron chi connectivity index (χ3n) is 2.46. The maximum absolute atomic E-state index is 5.04. The molecule has 0 N–H and O–H groups in total. The molecule has 0 spiro atoms. The van der Waals surface area contributed by atoms with Crippen LogP contribution < -0.4 is 0 Å². The van der Waals surface area contributed by atoms with E-state index in [9.17, 15) is 0 Å². The molecule has 3 rings (SSSR count). The molecule has 0 atom stereocenters. The van der Waals surface area contributed by atoms with Crippen molar-refractivity contribution in [2.45, 2.75) is 6.54 Å². The summed E-state index contributed by atoms with van der Waals surface area (Å²) in [5.74, 6) is 0. The number of rotatable bonds is 2. The summed E-state index contributed by atoms with van der Waals surface area (Å²) in [6.07, 6.45) is 5.31. The van der Waals surface area contributed by atoms with Crippen molar-refractivity contribution in [3.05, 3.63) is 54.7 Å². The highest BCUT2D eigenvalue weighted by molar-refractivity contribution is 5.75. The van der Waals surface area contributed by atoms with Crippen LogP contribution in [0.15, 0.2) is 53.6 Å². The molecule has 3 nitrogen and oxygen atoms in total. The summed E-state index contributed by atoms with van der Waals surface area (Å²) in [7, 11) is 0. The van der Waals surface area contributed by atoms with Gasteiger partial charge in [0.1, 0.15) is 0 Å². The number of hydrogen-bond donors (Lipinski definition) is 0. The van der Waals surface area contributed by atoms with Crippen molar-refractivity contribution in [2.75, 3.05) is 0 Å². The molecule has 2 heterocycles. The molecule has 0 radical (unpaired) electrons. The van der Waals surface area contributed by atoms with Crippen molar-refractivity contribution in [1.82, 2.24) is 9.55 Å². The topological polar surface area (TPSA) is 31.0 Å². The summed E-state index contributed by atoms with van der Waals surface area (Å²) in [5, 5.41) is 0. The number of imidazole rings is 1. The highest BCUT2D eigenvalue weighted by Gasteiger charge is 2.02. The van der Waals surface area contributed by atoms with E-state index in [4.69, 9.17) is 4.42 Å². The first-order valence-electron chi connectivity index (χ1n) is 4.84. The third kappa shape index (κ3) is 1.42. The predicted molar refractivity (Wildman–Crippen MR) is 57.5 cm³/mol. The standard InChI is InChI=1S/C12H10N2O/c1-2-4-12-11(3-1)13-9-14(12)7-10-5-6-15-8-10/h1-6,8-9H,7H2. The highest BCUT2D eigenvalue weighted by atomic mass is 16.3. The van der Waals surface area contributed by atoms with Crippen LogP contribution in [-0.4, -0.2) is 9.55 Å². The maximum atomic E-state index is 5.04. The van der Waals surface area contributed by atoms with Gasteiger partial charge in [0.05, 0.1) is 36.4 Å². The van der Waals surface area contributed by atoms with Crippen LogP contribution >= 0.6 is 0 Å². The minimum absolute atomic E-state index is 0.803. The lowest BCUT2D eigenvalue weighted by molar-refractivity contribution is 0.562. The Balaban J connectivity index is 2.05. The third-order valence-corrected chi connectivity index (χ3v) is 2.46. The zero-order chi connectivity index (χ0) is 10.1. The number of benzene rings is 1. The normalized spacial score (nSPS) is 10.9. The monoisotopic (exact) mass is 198 g/mol. The number of aromatic nitrogens is 2. The maximum Gasteiger partial charge on any atom is 0.0961 e. The second-order valence-corrected chi connectivity index (χ2v) is 3.49. The van der Waals surface area contributed by atoms with Gasteiger partial charge in [-0.05, 0) is 18.2 Å². The Morgan fingerprint density at radius 1 is 1.20 bits per heavy atom. The Labute approximate surface area is 87.0 Å². The second-order valence-electron chi connectivity index (χ2n) is 3.49. The molecule has 3 aromatic rings. The van der Waals surface area contributed by atoms with E-state index >= 15 is 0 Å². The number of furan rings is 1. The van der Waals surface area contributed by atoms with Gasteiger partial charge < -0.3 is 8.98 Å². The Morgan fingerprint density at radius 3 is 3.00 bits per heavy atom. The van der Waals surface area contributed by atoms with Gasteiger partial charge in [0, 0.05) is 5.56 Å². The van der Waals surface area contributed by atoms with Gasteiger partial charge in [0.25, 0.3) is 0 Å². The highest BCUT2D eigenvalue weighted by Crippen LogP contribution is 2.13. The molecule has 74 valence electrons.